The van der Waals surface area contributed by atoms with Gasteiger partial charge in [-0.25, -0.2) is 0 Å². The average molecular weight is 349 g/mol. The van der Waals surface area contributed by atoms with Crippen molar-refractivity contribution in [1.29, 1.82) is 0 Å². The number of hydrogen-bond donors (Lipinski definition) is 1. The molecule has 0 fully saturated rings. The Kier molecular flexibility index (Phi) is 7.84. The second kappa shape index (κ2) is 10.4. The largest absolute Gasteiger partial charge is 0.480 e. The topological polar surface area (TPSA) is 40.5 Å². The molecule has 1 atom stereocenters. The minimum absolute atomic E-state index is 0.0303. The van der Waals surface area contributed by atoms with Gasteiger partial charge in [0.25, 0.3) is 0 Å². The van der Waals surface area contributed by atoms with Crippen LogP contribution in [0.15, 0.2) is 72.8 Å². The van der Waals surface area contributed by atoms with Gasteiger partial charge in [-0.05, 0) is 17.0 Å². The smallest absolute Gasteiger partial charge is 0.321 e. The van der Waals surface area contributed by atoms with Gasteiger partial charge >= 0.3 is 5.97 Å². The average Bonchev–Trinajstić information content (AvgIpc) is 2.62. The van der Waals surface area contributed by atoms with E-state index in [2.05, 4.69) is 0 Å². The zero-order valence-electron chi connectivity index (χ0n) is 15.5. The van der Waals surface area contributed by atoms with Crippen LogP contribution in [0.25, 0.3) is 12.2 Å². The maximum atomic E-state index is 11.8. The lowest BCUT2D eigenvalue weighted by molar-refractivity contribution is -0.144. The van der Waals surface area contributed by atoms with Gasteiger partial charge in [0.05, 0.1) is 0 Å². The zero-order valence-corrected chi connectivity index (χ0v) is 15.5. The van der Waals surface area contributed by atoms with Gasteiger partial charge in [0.15, 0.2) is 0 Å². The van der Waals surface area contributed by atoms with E-state index in [0.717, 1.165) is 11.1 Å². The van der Waals surface area contributed by atoms with Gasteiger partial charge in [0.2, 0.25) is 0 Å². The van der Waals surface area contributed by atoms with Crippen molar-refractivity contribution in [2.24, 2.45) is 5.92 Å². The summed E-state index contributed by atoms with van der Waals surface area (Å²) in [6.45, 7) is 5.08. The van der Waals surface area contributed by atoms with E-state index in [1.165, 1.54) is 0 Å². The molecule has 0 amide bonds. The quantitative estimate of drug-likeness (QED) is 0.705. The van der Waals surface area contributed by atoms with Crippen molar-refractivity contribution in [3.8, 4) is 0 Å². The van der Waals surface area contributed by atoms with E-state index in [1.807, 2.05) is 104 Å². The van der Waals surface area contributed by atoms with Gasteiger partial charge in [-0.15, -0.1) is 0 Å². The van der Waals surface area contributed by atoms with E-state index in [-0.39, 0.29) is 5.92 Å². The van der Waals surface area contributed by atoms with Crippen molar-refractivity contribution >= 4 is 18.1 Å². The summed E-state index contributed by atoms with van der Waals surface area (Å²) in [5, 5.41) is 9.66. The van der Waals surface area contributed by atoms with Crippen LogP contribution in [-0.4, -0.2) is 35.1 Å². The Hall–Kier alpha value is -2.65. The third-order valence-corrected chi connectivity index (χ3v) is 4.18. The number of rotatable bonds is 9. The Bertz CT molecular complexity index is 669. The molecule has 0 spiro atoms. The van der Waals surface area contributed by atoms with Crippen molar-refractivity contribution in [2.45, 2.75) is 19.9 Å². The van der Waals surface area contributed by atoms with E-state index < -0.39 is 12.0 Å². The van der Waals surface area contributed by atoms with E-state index in [9.17, 15) is 9.90 Å². The molecule has 0 aliphatic rings. The van der Waals surface area contributed by atoms with Crippen molar-refractivity contribution in [2.75, 3.05) is 13.1 Å². The highest BCUT2D eigenvalue weighted by molar-refractivity contribution is 5.74. The van der Waals surface area contributed by atoms with Crippen molar-refractivity contribution in [3.63, 3.8) is 0 Å². The number of carbonyl (C=O) groups is 1. The van der Waals surface area contributed by atoms with Gasteiger partial charge in [-0.1, -0.05) is 98.8 Å². The molecule has 0 unspecified atom stereocenters. The summed E-state index contributed by atoms with van der Waals surface area (Å²) in [6.07, 6.45) is 8.13. The number of aliphatic carboxylic acids is 1. The highest BCUT2D eigenvalue weighted by Crippen LogP contribution is 2.13. The molecule has 0 heterocycles. The Morgan fingerprint density at radius 2 is 1.31 bits per heavy atom. The van der Waals surface area contributed by atoms with Gasteiger partial charge in [0, 0.05) is 13.1 Å². The fourth-order valence-electron chi connectivity index (χ4n) is 2.94. The first-order chi connectivity index (χ1) is 12.6. The van der Waals surface area contributed by atoms with Gasteiger partial charge in [-0.2, -0.15) is 0 Å². The molecule has 0 saturated heterocycles. The van der Waals surface area contributed by atoms with Crippen molar-refractivity contribution in [1.82, 2.24) is 4.90 Å². The summed E-state index contributed by atoms with van der Waals surface area (Å²) in [4.78, 5) is 13.8. The first-order valence-electron chi connectivity index (χ1n) is 8.98. The highest BCUT2D eigenvalue weighted by Gasteiger charge is 2.27. The molecule has 136 valence electrons. The molecule has 2 aromatic rings. The molecule has 0 aliphatic heterocycles. The summed E-state index contributed by atoms with van der Waals surface area (Å²) in [7, 11) is 0. The molecule has 0 radical (unpaired) electrons. The van der Waals surface area contributed by atoms with E-state index in [1.54, 1.807) is 0 Å². The second-order valence-electron chi connectivity index (χ2n) is 6.61. The second-order valence-corrected chi connectivity index (χ2v) is 6.61. The predicted molar refractivity (Wildman–Crippen MR) is 109 cm³/mol. The third kappa shape index (κ3) is 6.34. The number of hydrogen-bond acceptors (Lipinski definition) is 2. The van der Waals surface area contributed by atoms with Crippen LogP contribution in [0.4, 0.5) is 0 Å². The molecule has 0 aromatic heterocycles. The molecule has 2 aromatic carbocycles. The molecule has 2 rings (SSSR count). The Labute approximate surface area is 156 Å². The lowest BCUT2D eigenvalue weighted by atomic mass is 10.0. The summed E-state index contributed by atoms with van der Waals surface area (Å²) in [6, 6.07) is 19.6. The van der Waals surface area contributed by atoms with Crippen LogP contribution < -0.4 is 0 Å². The van der Waals surface area contributed by atoms with Crippen LogP contribution in [0.2, 0.25) is 0 Å². The summed E-state index contributed by atoms with van der Waals surface area (Å²) in [5.74, 6) is -0.746. The van der Waals surface area contributed by atoms with Crippen molar-refractivity contribution in [3.05, 3.63) is 83.9 Å². The molecule has 0 saturated carbocycles. The molecular formula is C23H27NO2. The monoisotopic (exact) mass is 349 g/mol. The molecule has 1 N–H and O–H groups in total. The first kappa shape index (κ1) is 19.7. The normalized spacial score (nSPS) is 13.1. The number of nitrogens with zero attached hydrogens (tertiary/aromatic N) is 1. The molecular weight excluding hydrogens is 322 g/mol. The summed E-state index contributed by atoms with van der Waals surface area (Å²) in [5.41, 5.74) is 2.23. The SMILES string of the molecule is CC(C)[C@@H](C(=O)O)N(C/C=C/c1ccccc1)C/C=C/c1ccccc1. The summed E-state index contributed by atoms with van der Waals surface area (Å²) >= 11 is 0. The molecule has 0 aliphatic carbocycles. The highest BCUT2D eigenvalue weighted by atomic mass is 16.4. The molecule has 0 bridgehead atoms. The molecule has 3 heteroatoms. The van der Waals surface area contributed by atoms with Crippen LogP contribution in [-0.2, 0) is 4.79 Å². The van der Waals surface area contributed by atoms with Gasteiger partial charge in [0.1, 0.15) is 6.04 Å². The predicted octanol–water partition coefficient (Wildman–Crippen LogP) is 4.82. The Morgan fingerprint density at radius 1 is 0.885 bits per heavy atom. The fourth-order valence-corrected chi connectivity index (χ4v) is 2.94. The van der Waals surface area contributed by atoms with Crippen LogP contribution in [0.1, 0.15) is 25.0 Å². The van der Waals surface area contributed by atoms with E-state index in [0.29, 0.717) is 13.1 Å². The van der Waals surface area contributed by atoms with Crippen LogP contribution in [0.3, 0.4) is 0 Å². The first-order valence-corrected chi connectivity index (χ1v) is 8.98. The van der Waals surface area contributed by atoms with E-state index >= 15 is 0 Å². The number of carboxylic acids is 1. The maximum Gasteiger partial charge on any atom is 0.321 e. The molecule has 3 nitrogen and oxygen atoms in total. The van der Waals surface area contributed by atoms with Crippen LogP contribution in [0.5, 0.6) is 0 Å². The lowest BCUT2D eigenvalue weighted by Gasteiger charge is -2.29. The van der Waals surface area contributed by atoms with Crippen molar-refractivity contribution < 1.29 is 9.90 Å². The van der Waals surface area contributed by atoms with E-state index in [4.69, 9.17) is 0 Å². The lowest BCUT2D eigenvalue weighted by Crippen LogP contribution is -2.44. The number of benzene rings is 2. The minimum Gasteiger partial charge on any atom is -0.480 e. The standard InChI is InChI=1S/C23H27NO2/c1-19(2)22(23(25)26)24(17-9-15-20-11-5-3-6-12-20)18-10-16-21-13-7-4-8-14-21/h3-16,19,22H,17-18H2,1-2H3,(H,25,26)/b15-9+,16-10+/t22-/m0/s1. The summed E-state index contributed by atoms with van der Waals surface area (Å²) < 4.78 is 0. The molecule has 26 heavy (non-hydrogen) atoms. The van der Waals surface area contributed by atoms with Gasteiger partial charge in [-0.3, -0.25) is 9.69 Å². The third-order valence-electron chi connectivity index (χ3n) is 4.18. The minimum atomic E-state index is -0.777. The van der Waals surface area contributed by atoms with Crippen LogP contribution >= 0.6 is 0 Å². The maximum absolute atomic E-state index is 11.8. The number of carboxylic acid groups (broad SMARTS) is 1. The van der Waals surface area contributed by atoms with Gasteiger partial charge < -0.3 is 5.11 Å². The van der Waals surface area contributed by atoms with Crippen LogP contribution in [0, 0.1) is 5.92 Å². The Morgan fingerprint density at radius 3 is 1.65 bits per heavy atom. The Balaban J connectivity index is 2.09. The fraction of sp³-hybridized carbons (Fsp3) is 0.261. The zero-order chi connectivity index (χ0) is 18.8.